The summed E-state index contributed by atoms with van der Waals surface area (Å²) in [5, 5.41) is 12.0. The molecule has 0 aliphatic carbocycles. The molecule has 3 heteroatoms. The predicted octanol–water partition coefficient (Wildman–Crippen LogP) is 0.916. The van der Waals surface area contributed by atoms with Crippen molar-refractivity contribution in [3.63, 3.8) is 0 Å². The number of aliphatic hydroxyl groups excluding tert-OH is 1. The second-order valence-corrected chi connectivity index (χ2v) is 3.81. The van der Waals surface area contributed by atoms with Crippen LogP contribution in [0.2, 0.25) is 0 Å². The van der Waals surface area contributed by atoms with Gasteiger partial charge in [-0.2, -0.15) is 0 Å². The molecule has 1 fully saturated rings. The Morgan fingerprint density at radius 2 is 2.23 bits per heavy atom. The fraction of sp³-hybridized carbons (Fsp3) is 1.00. The van der Waals surface area contributed by atoms with E-state index in [0.717, 1.165) is 26.0 Å². The first-order chi connectivity index (χ1) is 6.33. The minimum absolute atomic E-state index is 0.281. The third-order valence-electron chi connectivity index (χ3n) is 2.52. The van der Waals surface area contributed by atoms with Gasteiger partial charge in [0.2, 0.25) is 0 Å². The molecule has 2 unspecified atom stereocenters. The highest BCUT2D eigenvalue weighted by molar-refractivity contribution is 4.74. The molecule has 3 nitrogen and oxygen atoms in total. The first-order valence-electron chi connectivity index (χ1n) is 5.28. The highest BCUT2D eigenvalue weighted by Gasteiger charge is 2.17. The number of rotatable bonds is 5. The van der Waals surface area contributed by atoms with E-state index in [1.807, 2.05) is 0 Å². The molecule has 0 aromatic carbocycles. The van der Waals surface area contributed by atoms with E-state index in [-0.39, 0.29) is 6.61 Å². The summed E-state index contributed by atoms with van der Waals surface area (Å²) in [4.78, 5) is 0. The Kier molecular flexibility index (Phi) is 5.35. The lowest BCUT2D eigenvalue weighted by molar-refractivity contribution is 0.0272. The SMILES string of the molecule is CC1CCC(OCCCCO)CN1. The maximum absolute atomic E-state index is 8.57. The first kappa shape index (κ1) is 11.0. The summed E-state index contributed by atoms with van der Waals surface area (Å²) in [5.74, 6) is 0. The van der Waals surface area contributed by atoms with Crippen LogP contribution in [0.15, 0.2) is 0 Å². The molecule has 2 N–H and O–H groups in total. The molecule has 0 saturated carbocycles. The van der Waals surface area contributed by atoms with Crippen LogP contribution < -0.4 is 5.32 Å². The van der Waals surface area contributed by atoms with Gasteiger partial charge in [0.1, 0.15) is 0 Å². The van der Waals surface area contributed by atoms with Crippen molar-refractivity contribution in [1.29, 1.82) is 0 Å². The molecule has 0 amide bonds. The number of ether oxygens (including phenoxy) is 1. The second-order valence-electron chi connectivity index (χ2n) is 3.81. The maximum Gasteiger partial charge on any atom is 0.0700 e. The number of aliphatic hydroxyl groups is 1. The largest absolute Gasteiger partial charge is 0.396 e. The summed E-state index contributed by atoms with van der Waals surface area (Å²) in [5.41, 5.74) is 0. The number of unbranched alkanes of at least 4 members (excludes halogenated alkanes) is 1. The summed E-state index contributed by atoms with van der Waals surface area (Å²) in [7, 11) is 0. The van der Waals surface area contributed by atoms with Crippen LogP contribution in [0.1, 0.15) is 32.6 Å². The lowest BCUT2D eigenvalue weighted by atomic mass is 10.0. The molecule has 0 aromatic heterocycles. The first-order valence-corrected chi connectivity index (χ1v) is 5.28. The average molecular weight is 187 g/mol. The summed E-state index contributed by atoms with van der Waals surface area (Å²) in [6.07, 6.45) is 4.62. The van der Waals surface area contributed by atoms with Crippen LogP contribution in [-0.2, 0) is 4.74 Å². The van der Waals surface area contributed by atoms with E-state index in [1.54, 1.807) is 0 Å². The van der Waals surface area contributed by atoms with Crippen LogP contribution in [0.25, 0.3) is 0 Å². The second kappa shape index (κ2) is 6.35. The van der Waals surface area contributed by atoms with Gasteiger partial charge in [-0.3, -0.25) is 0 Å². The van der Waals surface area contributed by atoms with E-state index in [1.165, 1.54) is 12.8 Å². The van der Waals surface area contributed by atoms with Gasteiger partial charge in [0.05, 0.1) is 6.10 Å². The van der Waals surface area contributed by atoms with Crippen LogP contribution >= 0.6 is 0 Å². The van der Waals surface area contributed by atoms with Crippen molar-refractivity contribution < 1.29 is 9.84 Å². The zero-order valence-corrected chi connectivity index (χ0v) is 8.46. The summed E-state index contributed by atoms with van der Waals surface area (Å²) in [6, 6.07) is 0.650. The highest BCUT2D eigenvalue weighted by Crippen LogP contribution is 2.10. The molecule has 0 aromatic rings. The zero-order valence-electron chi connectivity index (χ0n) is 8.46. The van der Waals surface area contributed by atoms with Crippen LogP contribution in [-0.4, -0.2) is 37.0 Å². The van der Waals surface area contributed by atoms with E-state index in [4.69, 9.17) is 9.84 Å². The number of hydrogen-bond acceptors (Lipinski definition) is 3. The van der Waals surface area contributed by atoms with E-state index in [9.17, 15) is 0 Å². The molecule has 0 spiro atoms. The minimum Gasteiger partial charge on any atom is -0.396 e. The highest BCUT2D eigenvalue weighted by atomic mass is 16.5. The lowest BCUT2D eigenvalue weighted by Gasteiger charge is -2.27. The maximum atomic E-state index is 8.57. The Hall–Kier alpha value is -0.120. The van der Waals surface area contributed by atoms with E-state index in [0.29, 0.717) is 12.1 Å². The van der Waals surface area contributed by atoms with E-state index >= 15 is 0 Å². The predicted molar refractivity (Wildman–Crippen MR) is 52.8 cm³/mol. The molecular formula is C10H21NO2. The van der Waals surface area contributed by atoms with Gasteiger partial charge in [-0.1, -0.05) is 0 Å². The number of piperidine rings is 1. The normalized spacial score (nSPS) is 29.1. The van der Waals surface area contributed by atoms with Gasteiger partial charge >= 0.3 is 0 Å². The molecule has 2 atom stereocenters. The quantitative estimate of drug-likeness (QED) is 0.629. The van der Waals surface area contributed by atoms with Crippen molar-refractivity contribution in [2.24, 2.45) is 0 Å². The minimum atomic E-state index is 0.281. The fourth-order valence-corrected chi connectivity index (χ4v) is 1.58. The third kappa shape index (κ3) is 4.60. The Morgan fingerprint density at radius 1 is 1.38 bits per heavy atom. The van der Waals surface area contributed by atoms with Crippen molar-refractivity contribution in [1.82, 2.24) is 5.32 Å². The van der Waals surface area contributed by atoms with Gasteiger partial charge in [-0.05, 0) is 32.6 Å². The standard InChI is InChI=1S/C10H21NO2/c1-9-4-5-10(8-11-9)13-7-3-2-6-12/h9-12H,2-8H2,1H3. The summed E-state index contributed by atoms with van der Waals surface area (Å²) >= 11 is 0. The van der Waals surface area contributed by atoms with Crippen molar-refractivity contribution in [3.8, 4) is 0 Å². The van der Waals surface area contributed by atoms with Gasteiger partial charge in [0.15, 0.2) is 0 Å². The third-order valence-corrected chi connectivity index (χ3v) is 2.52. The van der Waals surface area contributed by atoms with Crippen LogP contribution in [0.5, 0.6) is 0 Å². The molecular weight excluding hydrogens is 166 g/mol. The van der Waals surface area contributed by atoms with Gasteiger partial charge in [-0.25, -0.2) is 0 Å². The van der Waals surface area contributed by atoms with Crippen LogP contribution in [0.4, 0.5) is 0 Å². The van der Waals surface area contributed by atoms with E-state index < -0.39 is 0 Å². The molecule has 1 aliphatic rings. The van der Waals surface area contributed by atoms with E-state index in [2.05, 4.69) is 12.2 Å². The molecule has 1 saturated heterocycles. The Morgan fingerprint density at radius 3 is 2.85 bits per heavy atom. The topological polar surface area (TPSA) is 41.5 Å². The molecule has 0 radical (unpaired) electrons. The average Bonchev–Trinajstić information content (AvgIpc) is 2.15. The Balaban J connectivity index is 1.96. The molecule has 1 aliphatic heterocycles. The van der Waals surface area contributed by atoms with Crippen LogP contribution in [0.3, 0.4) is 0 Å². The van der Waals surface area contributed by atoms with Crippen molar-refractivity contribution in [3.05, 3.63) is 0 Å². The fourth-order valence-electron chi connectivity index (χ4n) is 1.58. The molecule has 13 heavy (non-hydrogen) atoms. The molecule has 1 heterocycles. The van der Waals surface area contributed by atoms with Crippen molar-refractivity contribution >= 4 is 0 Å². The van der Waals surface area contributed by atoms with Gasteiger partial charge in [0.25, 0.3) is 0 Å². The number of nitrogens with one attached hydrogen (secondary N) is 1. The van der Waals surface area contributed by atoms with Crippen molar-refractivity contribution in [2.45, 2.75) is 44.8 Å². The van der Waals surface area contributed by atoms with Gasteiger partial charge in [0, 0.05) is 25.8 Å². The lowest BCUT2D eigenvalue weighted by Crippen LogP contribution is -2.41. The Bertz CT molecular complexity index is 122. The smallest absolute Gasteiger partial charge is 0.0700 e. The van der Waals surface area contributed by atoms with Gasteiger partial charge < -0.3 is 15.2 Å². The molecule has 1 rings (SSSR count). The molecule has 78 valence electrons. The van der Waals surface area contributed by atoms with Crippen LogP contribution in [0, 0.1) is 0 Å². The van der Waals surface area contributed by atoms with Crippen molar-refractivity contribution in [2.75, 3.05) is 19.8 Å². The van der Waals surface area contributed by atoms with Gasteiger partial charge in [-0.15, -0.1) is 0 Å². The monoisotopic (exact) mass is 187 g/mol. The zero-order chi connectivity index (χ0) is 9.52. The summed E-state index contributed by atoms with van der Waals surface area (Å²) in [6.45, 7) is 4.27. The number of hydrogen-bond donors (Lipinski definition) is 2. The Labute approximate surface area is 80.5 Å². The summed E-state index contributed by atoms with van der Waals surface area (Å²) < 4.78 is 5.66. The molecule has 0 bridgehead atoms.